The first-order chi connectivity index (χ1) is 22.4. The number of carbonyl (C=O) groups excluding carboxylic acids is 1. The van der Waals surface area contributed by atoms with Crippen molar-refractivity contribution in [3.8, 4) is 17.0 Å². The number of pyridine rings is 1. The van der Waals surface area contributed by atoms with E-state index in [1.165, 1.54) is 13.0 Å². The number of phenols is 1. The fourth-order valence-corrected chi connectivity index (χ4v) is 6.07. The van der Waals surface area contributed by atoms with Crippen molar-refractivity contribution in [2.45, 2.75) is 64.1 Å². The molecule has 2 aliphatic rings. The fourth-order valence-electron chi connectivity index (χ4n) is 6.07. The molecule has 6 aromatic rings. The molecule has 43 heavy (non-hydrogen) atoms. The molecule has 2 aliphatic carbocycles. The van der Waals surface area contributed by atoms with Gasteiger partial charge in [0.2, 0.25) is 0 Å². The molecule has 8 rings (SSSR count). The number of para-hydroxylation sites is 2. The number of phenolic OH excluding ortho intramolecular Hbond substituents is 1. The van der Waals surface area contributed by atoms with Crippen molar-refractivity contribution >= 4 is 38.5 Å². The number of carbonyl (C=O) groups is 1. The molecule has 4 aromatic carbocycles. The first kappa shape index (κ1) is 23.6. The van der Waals surface area contributed by atoms with Crippen LogP contribution in [0.4, 0.5) is 0 Å². The number of nitrogens with zero attached hydrogens (tertiary/aromatic N) is 1. The van der Waals surface area contributed by atoms with Gasteiger partial charge in [0.05, 0.1) is 11.1 Å². The first-order valence-electron chi connectivity index (χ1n) is 17.0. The summed E-state index contributed by atoms with van der Waals surface area (Å²) in [7, 11) is 0. The summed E-state index contributed by atoms with van der Waals surface area (Å²) in [5, 5.41) is 12.4. The monoisotopic (exact) mass is 750 g/mol. The van der Waals surface area contributed by atoms with Crippen molar-refractivity contribution < 1.29 is 41.3 Å². The van der Waals surface area contributed by atoms with Crippen LogP contribution in [0.2, 0.25) is 0 Å². The van der Waals surface area contributed by atoms with Crippen LogP contribution in [0.1, 0.15) is 91.1 Å². The van der Waals surface area contributed by atoms with E-state index >= 15 is 0 Å². The maximum Gasteiger partial charge on any atom is 0.163 e. The Labute approximate surface area is 272 Å². The maximum absolute atomic E-state index is 10.7. The van der Waals surface area contributed by atoms with E-state index in [1.807, 2.05) is 36.4 Å². The van der Waals surface area contributed by atoms with Gasteiger partial charge >= 0.3 is 0 Å². The van der Waals surface area contributed by atoms with Gasteiger partial charge in [-0.25, -0.2) is 0 Å². The first-order valence-corrected chi connectivity index (χ1v) is 14.5. The van der Waals surface area contributed by atoms with Gasteiger partial charge < -0.3 is 14.5 Å². The molecule has 1 radical (unpaired) electrons. The van der Waals surface area contributed by atoms with E-state index in [1.54, 1.807) is 30.5 Å². The van der Waals surface area contributed by atoms with Crippen molar-refractivity contribution in [3.63, 3.8) is 0 Å². The zero-order chi connectivity index (χ0) is 33.1. The Bertz CT molecular complexity index is 2180. The van der Waals surface area contributed by atoms with E-state index in [0.717, 1.165) is 71.2 Å². The van der Waals surface area contributed by atoms with Crippen LogP contribution in [0.3, 0.4) is 0 Å². The molecular formula is C38H34IrNO3-. The van der Waals surface area contributed by atoms with Crippen molar-refractivity contribution in [2.24, 2.45) is 0 Å². The molecule has 1 N–H and O–H groups in total. The van der Waals surface area contributed by atoms with Crippen molar-refractivity contribution in [1.29, 1.82) is 0 Å². The predicted octanol–water partition coefficient (Wildman–Crippen LogP) is 10.0. The number of Topliss-reactive ketones (excluding diaryl/α,β-unsaturated/α-hetero) is 1. The number of ketones is 1. The normalized spacial score (nSPS) is 18.4. The number of fused-ring (bicyclic) bond motifs is 4. The number of hydrogen-bond acceptors (Lipinski definition) is 4. The molecule has 0 spiro atoms. The zero-order valence-corrected chi connectivity index (χ0v) is 26.2. The second-order valence-electron chi connectivity index (χ2n) is 11.2. The van der Waals surface area contributed by atoms with E-state index in [-0.39, 0.29) is 37.2 Å². The summed E-state index contributed by atoms with van der Waals surface area (Å²) in [4.78, 5) is 15.5. The Kier molecular flexibility index (Phi) is 6.63. The summed E-state index contributed by atoms with van der Waals surface area (Å²) in [6.07, 6.45) is 7.13. The molecule has 0 saturated heterocycles. The summed E-state index contributed by atoms with van der Waals surface area (Å²) >= 11 is 0. The summed E-state index contributed by atoms with van der Waals surface area (Å²) in [5.41, 5.74) is 4.69. The molecule has 4 nitrogen and oxygen atoms in total. The second-order valence-corrected chi connectivity index (χ2v) is 11.2. The standard InChI is InChI=1S/C30H26NO.C8H8O2.Ir/c1-18-14-25-22-8-4-5-9-28(22)32-30(25)26(15-18)29-23-13-12-21(19-6-2-3-7-19)16-24(23)27(17-31-29)20-10-11-20;1-6(9)7-4-2-3-5-8(7)10;/h4-5,8-9,12-14,16-17,19-20H,2-3,6-7,10-11H2,1H3;2-5,10H,1H3;/q-1;;/i1D3,19D,20D;;. The largest absolute Gasteiger partial charge is 0.507 e. The predicted molar refractivity (Wildman–Crippen MR) is 169 cm³/mol. The van der Waals surface area contributed by atoms with Crippen LogP contribution in [0.25, 0.3) is 44.0 Å². The minimum Gasteiger partial charge on any atom is -0.507 e. The molecule has 219 valence electrons. The van der Waals surface area contributed by atoms with E-state index < -0.39 is 18.6 Å². The fraction of sp³-hybridized carbons (Fsp3) is 0.263. The molecule has 0 unspecified atom stereocenters. The number of benzene rings is 4. The second kappa shape index (κ2) is 12.1. The molecule has 5 heteroatoms. The van der Waals surface area contributed by atoms with Gasteiger partial charge in [0, 0.05) is 38.5 Å². The number of aromatic nitrogens is 1. The maximum atomic E-state index is 10.7. The topological polar surface area (TPSA) is 63.3 Å². The molecule has 2 saturated carbocycles. The van der Waals surface area contributed by atoms with Gasteiger partial charge in [-0.05, 0) is 90.2 Å². The molecular weight excluding hydrogens is 711 g/mol. The molecule has 2 fully saturated rings. The summed E-state index contributed by atoms with van der Waals surface area (Å²) < 4.78 is 48.6. The van der Waals surface area contributed by atoms with Gasteiger partial charge in [0.1, 0.15) is 11.3 Å². The Hall–Kier alpha value is -3.79. The molecule has 0 aliphatic heterocycles. The Morgan fingerprint density at radius 1 is 0.930 bits per heavy atom. The van der Waals surface area contributed by atoms with E-state index in [4.69, 9.17) is 21.4 Å². The van der Waals surface area contributed by atoms with Crippen LogP contribution < -0.4 is 0 Å². The van der Waals surface area contributed by atoms with E-state index in [9.17, 15) is 4.79 Å². The summed E-state index contributed by atoms with van der Waals surface area (Å²) in [6.45, 7) is -0.918. The van der Waals surface area contributed by atoms with Crippen LogP contribution in [-0.4, -0.2) is 15.9 Å². The van der Waals surface area contributed by atoms with Gasteiger partial charge in [-0.3, -0.25) is 4.79 Å². The van der Waals surface area contributed by atoms with Crippen molar-refractivity contribution in [2.75, 3.05) is 0 Å². The average molecular weight is 750 g/mol. The number of rotatable bonds is 4. The molecule has 2 aromatic heterocycles. The van der Waals surface area contributed by atoms with Crippen LogP contribution in [-0.2, 0) is 20.1 Å². The van der Waals surface area contributed by atoms with E-state index in [2.05, 4.69) is 12.1 Å². The van der Waals surface area contributed by atoms with Gasteiger partial charge in [0.15, 0.2) is 5.78 Å². The third-order valence-corrected chi connectivity index (χ3v) is 8.31. The number of aryl methyl sites for hydroxylation is 1. The van der Waals surface area contributed by atoms with Gasteiger partial charge in [-0.15, -0.1) is 17.7 Å². The van der Waals surface area contributed by atoms with Gasteiger partial charge in [0.25, 0.3) is 0 Å². The Balaban J connectivity index is 0.000000316. The number of hydrogen-bond donors (Lipinski definition) is 1. The van der Waals surface area contributed by atoms with Crippen LogP contribution >= 0.6 is 0 Å². The van der Waals surface area contributed by atoms with Crippen LogP contribution in [0.15, 0.2) is 83.4 Å². The van der Waals surface area contributed by atoms with E-state index in [0.29, 0.717) is 28.0 Å². The summed E-state index contributed by atoms with van der Waals surface area (Å²) in [5.74, 6) is -1.33. The molecule has 0 amide bonds. The molecule has 0 atom stereocenters. The smallest absolute Gasteiger partial charge is 0.163 e. The average Bonchev–Trinajstić information content (AvgIpc) is 3.45. The van der Waals surface area contributed by atoms with Gasteiger partial charge in [-0.2, -0.15) is 0 Å². The molecule has 2 heterocycles. The summed E-state index contributed by atoms with van der Waals surface area (Å²) in [6, 6.07) is 25.0. The minimum atomic E-state index is -2.34. The SMILES string of the molecule is CC(=O)c1ccccc1O.[2H]C([2H])([2H])c1[c-]c(-c2ncc(C3([2H])CC3)c3cc(C4([2H])CCCC4)ccc23)c2oc3ccccc3c2c1.[Ir]. The Morgan fingerprint density at radius 3 is 2.42 bits per heavy atom. The number of aromatic hydroxyl groups is 1. The van der Waals surface area contributed by atoms with Crippen LogP contribution in [0.5, 0.6) is 5.75 Å². The number of furan rings is 1. The van der Waals surface area contributed by atoms with Crippen molar-refractivity contribution in [3.05, 3.63) is 107 Å². The van der Waals surface area contributed by atoms with Gasteiger partial charge in [-0.1, -0.05) is 79.2 Å². The minimum absolute atomic E-state index is 0. The molecule has 0 bridgehead atoms. The third-order valence-electron chi connectivity index (χ3n) is 8.31. The zero-order valence-electron chi connectivity index (χ0n) is 28.8. The third kappa shape index (κ3) is 5.64. The quantitative estimate of drug-likeness (QED) is 0.144. The Morgan fingerprint density at radius 2 is 1.70 bits per heavy atom. The van der Waals surface area contributed by atoms with Crippen LogP contribution in [0, 0.1) is 12.9 Å². The van der Waals surface area contributed by atoms with Crippen molar-refractivity contribution in [1.82, 2.24) is 4.98 Å².